The normalized spacial score (nSPS) is 9.95. The van der Waals surface area contributed by atoms with Crippen molar-refractivity contribution in [1.82, 2.24) is 0 Å². The molecule has 9 heteroatoms. The molecule has 1 aromatic carbocycles. The average molecular weight is 286 g/mol. The maximum atomic E-state index is 12.3. The Morgan fingerprint density at radius 1 is 1.55 bits per heavy atom. The van der Waals surface area contributed by atoms with Gasteiger partial charge in [0.1, 0.15) is 11.6 Å². The lowest BCUT2D eigenvalue weighted by Gasteiger charge is -2.11. The van der Waals surface area contributed by atoms with Gasteiger partial charge in [-0.15, -0.1) is 0 Å². The molecule has 1 rings (SSSR count). The highest BCUT2D eigenvalue weighted by atomic mass is 19.3. The van der Waals surface area contributed by atoms with E-state index in [2.05, 4.69) is 9.47 Å². The molecule has 0 aliphatic rings. The van der Waals surface area contributed by atoms with E-state index in [-0.39, 0.29) is 6.61 Å². The number of nitro benzene ring substituents is 1. The fourth-order valence-electron chi connectivity index (χ4n) is 1.41. The Bertz CT molecular complexity index is 583. The van der Waals surface area contributed by atoms with Gasteiger partial charge in [0, 0.05) is 6.07 Å². The Labute approximate surface area is 111 Å². The van der Waals surface area contributed by atoms with E-state index in [9.17, 15) is 23.7 Å². The topological polar surface area (TPSA) is 102 Å². The molecule has 106 valence electrons. The third kappa shape index (κ3) is 3.17. The van der Waals surface area contributed by atoms with Crippen LogP contribution >= 0.6 is 0 Å². The van der Waals surface area contributed by atoms with Crippen molar-refractivity contribution < 1.29 is 28.0 Å². The fourth-order valence-corrected chi connectivity index (χ4v) is 1.41. The predicted octanol–water partition coefficient (Wildman–Crippen LogP) is 2.24. The number of benzene rings is 1. The molecule has 0 N–H and O–H groups in total. The molecule has 0 aliphatic carbocycles. The number of halogens is 2. The summed E-state index contributed by atoms with van der Waals surface area (Å²) >= 11 is 0. The van der Waals surface area contributed by atoms with Crippen molar-refractivity contribution in [2.24, 2.45) is 0 Å². The largest absolute Gasteiger partial charge is 0.462 e. The third-order valence-corrected chi connectivity index (χ3v) is 2.15. The molecule has 20 heavy (non-hydrogen) atoms. The van der Waals surface area contributed by atoms with E-state index in [0.717, 1.165) is 12.1 Å². The molecule has 7 nitrogen and oxygen atoms in total. The van der Waals surface area contributed by atoms with Gasteiger partial charge in [0.15, 0.2) is 11.3 Å². The van der Waals surface area contributed by atoms with Crippen LogP contribution in [0.1, 0.15) is 22.8 Å². The molecule has 0 aromatic heterocycles. The molecule has 0 heterocycles. The number of rotatable bonds is 5. The standard InChI is InChI=1S/C11H8F2N2O5/c1-2-19-10(16)6-3-4-8(15(17)18)7(5-14)9(6)20-11(12)13/h3-4,11H,2H2,1H3. The highest BCUT2D eigenvalue weighted by Gasteiger charge is 2.27. The van der Waals surface area contributed by atoms with Crippen LogP contribution in [0.2, 0.25) is 0 Å². The first-order valence-corrected chi connectivity index (χ1v) is 5.25. The molecule has 0 aliphatic heterocycles. The number of hydrogen-bond donors (Lipinski definition) is 0. The van der Waals surface area contributed by atoms with Crippen molar-refractivity contribution in [3.8, 4) is 11.8 Å². The summed E-state index contributed by atoms with van der Waals surface area (Å²) in [6, 6.07) is 3.13. The van der Waals surface area contributed by atoms with Gasteiger partial charge in [-0.1, -0.05) is 0 Å². The minimum atomic E-state index is -3.35. The van der Waals surface area contributed by atoms with E-state index < -0.39 is 40.1 Å². The Morgan fingerprint density at radius 3 is 2.65 bits per heavy atom. The average Bonchev–Trinajstić information content (AvgIpc) is 2.37. The zero-order chi connectivity index (χ0) is 15.3. The Balaban J connectivity index is 3.50. The summed E-state index contributed by atoms with van der Waals surface area (Å²) in [5.41, 5.74) is -1.98. The molecule has 0 radical (unpaired) electrons. The minimum absolute atomic E-state index is 0.0359. The number of carbonyl (C=O) groups excluding carboxylic acids is 1. The smallest absolute Gasteiger partial charge is 0.387 e. The number of hydrogen-bond acceptors (Lipinski definition) is 6. The van der Waals surface area contributed by atoms with Crippen molar-refractivity contribution >= 4 is 11.7 Å². The first-order chi connectivity index (χ1) is 9.42. The van der Waals surface area contributed by atoms with E-state index in [4.69, 9.17) is 5.26 Å². The van der Waals surface area contributed by atoms with Gasteiger partial charge in [0.05, 0.1) is 11.5 Å². The van der Waals surface area contributed by atoms with E-state index in [1.54, 1.807) is 0 Å². The lowest BCUT2D eigenvalue weighted by atomic mass is 10.1. The molecule has 1 aromatic rings. The van der Waals surface area contributed by atoms with Crippen LogP contribution in [0.25, 0.3) is 0 Å². The SMILES string of the molecule is CCOC(=O)c1ccc([N+](=O)[O-])c(C#N)c1OC(F)F. The Kier molecular flexibility index (Phi) is 4.91. The summed E-state index contributed by atoms with van der Waals surface area (Å²) in [4.78, 5) is 21.4. The molecule has 0 amide bonds. The maximum Gasteiger partial charge on any atom is 0.387 e. The van der Waals surface area contributed by atoms with Crippen LogP contribution < -0.4 is 4.74 Å². The number of nitrogens with zero attached hydrogens (tertiary/aromatic N) is 2. The lowest BCUT2D eigenvalue weighted by molar-refractivity contribution is -0.385. The Hall–Kier alpha value is -2.76. The molecule has 0 bridgehead atoms. The first-order valence-electron chi connectivity index (χ1n) is 5.25. The monoisotopic (exact) mass is 286 g/mol. The lowest BCUT2D eigenvalue weighted by Crippen LogP contribution is -2.12. The predicted molar refractivity (Wildman–Crippen MR) is 60.4 cm³/mol. The van der Waals surface area contributed by atoms with Gasteiger partial charge >= 0.3 is 12.6 Å². The minimum Gasteiger partial charge on any atom is -0.462 e. The summed E-state index contributed by atoms with van der Waals surface area (Å²) in [5, 5.41) is 19.6. The van der Waals surface area contributed by atoms with Crippen LogP contribution in [0.4, 0.5) is 14.5 Å². The van der Waals surface area contributed by atoms with Gasteiger partial charge in [-0.05, 0) is 13.0 Å². The molecule has 0 saturated carbocycles. The van der Waals surface area contributed by atoms with E-state index in [0.29, 0.717) is 0 Å². The van der Waals surface area contributed by atoms with Crippen molar-refractivity contribution in [1.29, 1.82) is 5.26 Å². The number of esters is 1. The van der Waals surface area contributed by atoms with Crippen LogP contribution in [-0.2, 0) is 4.74 Å². The number of carbonyl (C=O) groups is 1. The highest BCUT2D eigenvalue weighted by molar-refractivity contribution is 5.94. The highest BCUT2D eigenvalue weighted by Crippen LogP contribution is 2.33. The Morgan fingerprint density at radius 2 is 2.20 bits per heavy atom. The zero-order valence-corrected chi connectivity index (χ0v) is 10.1. The van der Waals surface area contributed by atoms with Crippen molar-refractivity contribution in [2.45, 2.75) is 13.5 Å². The third-order valence-electron chi connectivity index (χ3n) is 2.15. The molecule has 0 unspecified atom stereocenters. The van der Waals surface area contributed by atoms with Gasteiger partial charge in [-0.3, -0.25) is 10.1 Å². The van der Waals surface area contributed by atoms with E-state index >= 15 is 0 Å². The second kappa shape index (κ2) is 6.42. The van der Waals surface area contributed by atoms with Crippen molar-refractivity contribution in [3.05, 3.63) is 33.4 Å². The summed E-state index contributed by atoms with van der Waals surface area (Å²) in [6.45, 7) is -1.90. The summed E-state index contributed by atoms with van der Waals surface area (Å²) in [5.74, 6) is -1.88. The quantitative estimate of drug-likeness (QED) is 0.467. The van der Waals surface area contributed by atoms with Gasteiger partial charge < -0.3 is 9.47 Å². The van der Waals surface area contributed by atoms with Crippen LogP contribution in [0.5, 0.6) is 5.75 Å². The maximum absolute atomic E-state index is 12.3. The van der Waals surface area contributed by atoms with Crippen molar-refractivity contribution in [3.63, 3.8) is 0 Å². The van der Waals surface area contributed by atoms with Crippen LogP contribution in [-0.4, -0.2) is 24.1 Å². The van der Waals surface area contributed by atoms with E-state index in [1.807, 2.05) is 0 Å². The van der Waals surface area contributed by atoms with Crippen LogP contribution in [0, 0.1) is 21.4 Å². The molecule has 0 saturated heterocycles. The zero-order valence-electron chi connectivity index (χ0n) is 10.1. The van der Waals surface area contributed by atoms with Crippen molar-refractivity contribution in [2.75, 3.05) is 6.61 Å². The molecular weight excluding hydrogens is 278 g/mol. The number of nitro groups is 1. The number of ether oxygens (including phenoxy) is 2. The number of alkyl halides is 2. The van der Waals surface area contributed by atoms with Gasteiger partial charge in [-0.2, -0.15) is 14.0 Å². The van der Waals surface area contributed by atoms with Gasteiger partial charge in [0.25, 0.3) is 5.69 Å². The van der Waals surface area contributed by atoms with Gasteiger partial charge in [-0.25, -0.2) is 4.79 Å². The number of nitriles is 1. The van der Waals surface area contributed by atoms with Gasteiger partial charge in [0.2, 0.25) is 0 Å². The molecular formula is C11H8F2N2O5. The first kappa shape index (κ1) is 15.3. The molecule has 0 spiro atoms. The second-order valence-corrected chi connectivity index (χ2v) is 3.30. The van der Waals surface area contributed by atoms with E-state index in [1.165, 1.54) is 13.0 Å². The fraction of sp³-hybridized carbons (Fsp3) is 0.273. The molecule has 0 atom stereocenters. The van der Waals surface area contributed by atoms with Crippen LogP contribution in [0.3, 0.4) is 0 Å². The summed E-state index contributed by atoms with van der Waals surface area (Å²) < 4.78 is 33.4. The second-order valence-electron chi connectivity index (χ2n) is 3.30. The molecule has 0 fully saturated rings. The summed E-state index contributed by atoms with van der Waals surface area (Å²) in [6.07, 6.45) is 0. The van der Waals surface area contributed by atoms with Crippen LogP contribution in [0.15, 0.2) is 12.1 Å². The summed E-state index contributed by atoms with van der Waals surface area (Å²) in [7, 11) is 0.